The molecule has 0 atom stereocenters. The molecular weight excluding hydrogens is 270 g/mol. The summed E-state index contributed by atoms with van der Waals surface area (Å²) in [5.74, 6) is 0.0464. The van der Waals surface area contributed by atoms with E-state index in [2.05, 4.69) is 20.9 Å². The van der Waals surface area contributed by atoms with Crippen LogP contribution in [0.1, 0.15) is 5.56 Å². The van der Waals surface area contributed by atoms with Gasteiger partial charge in [0.15, 0.2) is 0 Å². The minimum atomic E-state index is -0.364. The first-order chi connectivity index (χ1) is 6.54. The first kappa shape index (κ1) is 11.5. The molecule has 5 heteroatoms. The highest BCUT2D eigenvalue weighted by molar-refractivity contribution is 9.10. The number of aryl methyl sites for hydroxylation is 1. The van der Waals surface area contributed by atoms with Crippen molar-refractivity contribution in [2.24, 2.45) is 10.7 Å². The number of amidine groups is 1. The van der Waals surface area contributed by atoms with E-state index in [0.29, 0.717) is 10.2 Å². The van der Waals surface area contributed by atoms with Crippen molar-refractivity contribution in [3.8, 4) is 0 Å². The zero-order chi connectivity index (χ0) is 10.7. The molecule has 0 aromatic heterocycles. The fraction of sp³-hybridized carbons (Fsp3) is 0.222. The minimum Gasteiger partial charge on any atom is -0.386 e. The number of hydrogen-bond acceptors (Lipinski definition) is 1. The molecular formula is C9H9BrClFN2. The van der Waals surface area contributed by atoms with E-state index in [1.165, 1.54) is 6.07 Å². The van der Waals surface area contributed by atoms with Gasteiger partial charge in [-0.25, -0.2) is 9.38 Å². The van der Waals surface area contributed by atoms with Crippen molar-refractivity contribution in [2.75, 3.05) is 5.88 Å². The Morgan fingerprint density at radius 2 is 2.29 bits per heavy atom. The van der Waals surface area contributed by atoms with Crippen LogP contribution in [0.4, 0.5) is 10.1 Å². The summed E-state index contributed by atoms with van der Waals surface area (Å²) in [7, 11) is 0. The van der Waals surface area contributed by atoms with Crippen LogP contribution in [-0.2, 0) is 0 Å². The Labute approximate surface area is 95.1 Å². The van der Waals surface area contributed by atoms with Crippen molar-refractivity contribution in [3.63, 3.8) is 0 Å². The summed E-state index contributed by atoms with van der Waals surface area (Å²) in [6, 6.07) is 2.97. The van der Waals surface area contributed by atoms with Crippen LogP contribution >= 0.6 is 27.5 Å². The van der Waals surface area contributed by atoms with Gasteiger partial charge in [0.2, 0.25) is 0 Å². The van der Waals surface area contributed by atoms with Crippen LogP contribution in [0.15, 0.2) is 21.6 Å². The SMILES string of the molecule is Cc1cc(Br)c(F)cc1N=C(N)CCl. The second-order valence-electron chi connectivity index (χ2n) is 2.79. The minimum absolute atomic E-state index is 0.136. The Morgan fingerprint density at radius 1 is 1.64 bits per heavy atom. The molecule has 2 N–H and O–H groups in total. The van der Waals surface area contributed by atoms with Gasteiger partial charge in [-0.05, 0) is 34.5 Å². The molecule has 0 amide bonds. The van der Waals surface area contributed by atoms with E-state index in [-0.39, 0.29) is 17.5 Å². The summed E-state index contributed by atoms with van der Waals surface area (Å²) in [5, 5.41) is 0. The molecule has 0 unspecified atom stereocenters. The van der Waals surface area contributed by atoms with Gasteiger partial charge in [0.05, 0.1) is 16.0 Å². The molecule has 0 aliphatic rings. The second kappa shape index (κ2) is 4.75. The molecule has 14 heavy (non-hydrogen) atoms. The summed E-state index contributed by atoms with van der Waals surface area (Å²) >= 11 is 8.55. The number of alkyl halides is 1. The Bertz CT molecular complexity index is 379. The Balaban J connectivity index is 3.16. The predicted molar refractivity (Wildman–Crippen MR) is 60.8 cm³/mol. The lowest BCUT2D eigenvalue weighted by molar-refractivity contribution is 0.621. The molecule has 0 bridgehead atoms. The third kappa shape index (κ3) is 2.69. The Kier molecular flexibility index (Phi) is 3.89. The predicted octanol–water partition coefficient (Wildman–Crippen LogP) is 3.12. The van der Waals surface area contributed by atoms with Crippen LogP contribution in [0.2, 0.25) is 0 Å². The van der Waals surface area contributed by atoms with Crippen LogP contribution in [0.3, 0.4) is 0 Å². The normalized spacial score (nSPS) is 11.9. The van der Waals surface area contributed by atoms with Gasteiger partial charge in [0.1, 0.15) is 11.7 Å². The van der Waals surface area contributed by atoms with Gasteiger partial charge in [0.25, 0.3) is 0 Å². The smallest absolute Gasteiger partial charge is 0.139 e. The first-order valence-electron chi connectivity index (χ1n) is 3.89. The number of rotatable bonds is 2. The average molecular weight is 280 g/mol. The number of benzene rings is 1. The maximum atomic E-state index is 13.1. The van der Waals surface area contributed by atoms with Crippen molar-refractivity contribution in [1.82, 2.24) is 0 Å². The van der Waals surface area contributed by atoms with Crippen LogP contribution in [0, 0.1) is 12.7 Å². The van der Waals surface area contributed by atoms with Gasteiger partial charge >= 0.3 is 0 Å². The molecule has 0 heterocycles. The van der Waals surface area contributed by atoms with Crippen LogP contribution in [0.5, 0.6) is 0 Å². The standard InChI is InChI=1S/C9H9BrClFN2/c1-5-2-6(10)7(12)3-8(5)14-9(13)4-11/h2-3H,4H2,1H3,(H2,13,14). The van der Waals surface area contributed by atoms with Crippen LogP contribution in [-0.4, -0.2) is 11.7 Å². The highest BCUT2D eigenvalue weighted by Crippen LogP contribution is 2.25. The highest BCUT2D eigenvalue weighted by Gasteiger charge is 2.04. The van der Waals surface area contributed by atoms with E-state index >= 15 is 0 Å². The quantitative estimate of drug-likeness (QED) is 0.504. The van der Waals surface area contributed by atoms with Gasteiger partial charge in [-0.15, -0.1) is 11.6 Å². The lowest BCUT2D eigenvalue weighted by Crippen LogP contribution is -2.12. The zero-order valence-corrected chi connectivity index (χ0v) is 9.86. The summed E-state index contributed by atoms with van der Waals surface area (Å²) in [6.07, 6.45) is 0. The van der Waals surface area contributed by atoms with E-state index in [9.17, 15) is 4.39 Å². The van der Waals surface area contributed by atoms with Gasteiger partial charge in [-0.3, -0.25) is 0 Å². The second-order valence-corrected chi connectivity index (χ2v) is 3.91. The molecule has 1 aromatic rings. The first-order valence-corrected chi connectivity index (χ1v) is 5.22. The van der Waals surface area contributed by atoms with Crippen molar-refractivity contribution in [2.45, 2.75) is 6.92 Å². The topological polar surface area (TPSA) is 38.4 Å². The van der Waals surface area contributed by atoms with Crippen LogP contribution < -0.4 is 5.73 Å². The zero-order valence-electron chi connectivity index (χ0n) is 7.52. The van der Waals surface area contributed by atoms with Crippen molar-refractivity contribution in [3.05, 3.63) is 28.0 Å². The number of halogens is 3. The Hall–Kier alpha value is -0.610. The molecule has 1 rings (SSSR count). The fourth-order valence-corrected chi connectivity index (χ4v) is 1.46. The number of aliphatic imine (C=N–C) groups is 1. The van der Waals surface area contributed by atoms with E-state index in [1.807, 2.05) is 6.92 Å². The maximum Gasteiger partial charge on any atom is 0.139 e. The maximum absolute atomic E-state index is 13.1. The Morgan fingerprint density at radius 3 is 2.86 bits per heavy atom. The molecule has 0 saturated carbocycles. The number of nitrogens with two attached hydrogens (primary N) is 1. The van der Waals surface area contributed by atoms with Crippen LogP contribution in [0.25, 0.3) is 0 Å². The molecule has 76 valence electrons. The van der Waals surface area contributed by atoms with Gasteiger partial charge in [-0.1, -0.05) is 0 Å². The largest absolute Gasteiger partial charge is 0.386 e. The number of hydrogen-bond donors (Lipinski definition) is 1. The van der Waals surface area contributed by atoms with Crippen molar-refractivity contribution in [1.29, 1.82) is 0 Å². The van der Waals surface area contributed by atoms with E-state index in [4.69, 9.17) is 17.3 Å². The average Bonchev–Trinajstić information content (AvgIpc) is 2.14. The molecule has 0 aliphatic carbocycles. The van der Waals surface area contributed by atoms with Crippen molar-refractivity contribution < 1.29 is 4.39 Å². The monoisotopic (exact) mass is 278 g/mol. The molecule has 1 aromatic carbocycles. The fourth-order valence-electron chi connectivity index (χ4n) is 0.941. The van der Waals surface area contributed by atoms with Gasteiger partial charge < -0.3 is 5.73 Å². The van der Waals surface area contributed by atoms with Gasteiger partial charge in [-0.2, -0.15) is 0 Å². The van der Waals surface area contributed by atoms with E-state index < -0.39 is 0 Å². The molecule has 2 nitrogen and oxygen atoms in total. The van der Waals surface area contributed by atoms with Crippen molar-refractivity contribution >= 4 is 39.1 Å². The summed E-state index contributed by atoms with van der Waals surface area (Å²) in [6.45, 7) is 1.82. The molecule has 0 fully saturated rings. The molecule has 0 radical (unpaired) electrons. The highest BCUT2D eigenvalue weighted by atomic mass is 79.9. The molecule has 0 saturated heterocycles. The van der Waals surface area contributed by atoms with E-state index in [0.717, 1.165) is 5.56 Å². The summed E-state index contributed by atoms with van der Waals surface area (Å²) < 4.78 is 13.5. The van der Waals surface area contributed by atoms with Gasteiger partial charge in [0, 0.05) is 6.07 Å². The summed E-state index contributed by atoms with van der Waals surface area (Å²) in [5.41, 5.74) is 6.79. The van der Waals surface area contributed by atoms with E-state index in [1.54, 1.807) is 6.07 Å². The molecule has 0 spiro atoms. The molecule has 0 aliphatic heterocycles. The third-order valence-electron chi connectivity index (χ3n) is 1.64. The lowest BCUT2D eigenvalue weighted by atomic mass is 10.2. The third-order valence-corrected chi connectivity index (χ3v) is 2.52. The number of nitrogens with zero attached hydrogens (tertiary/aromatic N) is 1. The summed E-state index contributed by atoms with van der Waals surface area (Å²) in [4.78, 5) is 3.98. The lowest BCUT2D eigenvalue weighted by Gasteiger charge is -2.03.